The minimum atomic E-state index is -4.79. The van der Waals surface area contributed by atoms with Crippen LogP contribution in [0.25, 0.3) is 17.1 Å². The van der Waals surface area contributed by atoms with Gasteiger partial charge < -0.3 is 9.47 Å². The molecule has 0 radical (unpaired) electrons. The smallest absolute Gasteiger partial charge is 0.491 e. The highest BCUT2D eigenvalue weighted by Gasteiger charge is 2.33. The molecule has 1 amide bonds. The van der Waals surface area contributed by atoms with Crippen LogP contribution >= 0.6 is 24.0 Å². The molecule has 48 heavy (non-hydrogen) atoms. The second kappa shape index (κ2) is 14.6. The third kappa shape index (κ3) is 9.45. The van der Waals surface area contributed by atoms with Crippen molar-refractivity contribution in [3.05, 3.63) is 84.2 Å². The van der Waals surface area contributed by atoms with Crippen LogP contribution < -0.4 is 19.9 Å². The number of amidine groups is 1. The summed E-state index contributed by atoms with van der Waals surface area (Å²) < 4.78 is 85.8. The topological polar surface area (TPSA) is 103 Å². The molecule has 5 rings (SSSR count). The number of nitrogens with zero attached hydrogens (tertiary/aromatic N) is 5. The monoisotopic (exact) mass is 710 g/mol. The van der Waals surface area contributed by atoms with E-state index in [0.717, 1.165) is 22.9 Å². The van der Waals surface area contributed by atoms with Crippen LogP contribution in [0, 0.1) is 6.92 Å². The number of aromatic nitrogens is 3. The number of ether oxygens (including phenoxy) is 2. The number of alkyl halides is 6. The molecule has 0 unspecified atom stereocenters. The molecule has 2 heterocycles. The summed E-state index contributed by atoms with van der Waals surface area (Å²) in [5.41, 5.74) is 5.45. The Morgan fingerprint density at radius 1 is 1.04 bits per heavy atom. The van der Waals surface area contributed by atoms with Gasteiger partial charge in [-0.15, -0.1) is 18.3 Å². The second-order valence-corrected chi connectivity index (χ2v) is 11.4. The molecule has 18 heteroatoms. The van der Waals surface area contributed by atoms with Crippen LogP contribution in [0.3, 0.4) is 0 Å². The first-order valence-electron chi connectivity index (χ1n) is 13.9. The first-order chi connectivity index (χ1) is 22.7. The fourth-order valence-corrected chi connectivity index (χ4v) is 5.31. The number of thioether (sulfide) groups is 1. The molecule has 1 fully saturated rings. The predicted octanol–water partition coefficient (Wildman–Crippen LogP) is 6.91. The molecule has 3 aromatic carbocycles. The summed E-state index contributed by atoms with van der Waals surface area (Å²) in [6.07, 6.45) is -8.90. The fraction of sp³-hybridized carbons (Fsp3) is 0.233. The number of hydrogen-bond donors (Lipinski definition) is 1. The van der Waals surface area contributed by atoms with Gasteiger partial charge in [0.2, 0.25) is 11.0 Å². The Morgan fingerprint density at radius 3 is 2.46 bits per heavy atom. The molecule has 0 spiro atoms. The van der Waals surface area contributed by atoms with E-state index in [0.29, 0.717) is 17.1 Å². The van der Waals surface area contributed by atoms with Crippen molar-refractivity contribution in [2.75, 3.05) is 17.3 Å². The Balaban J connectivity index is 1.17. The zero-order valence-corrected chi connectivity index (χ0v) is 26.3. The van der Waals surface area contributed by atoms with E-state index in [2.05, 4.69) is 25.3 Å². The number of thiocarbonyl (C=S) groups is 1. The molecule has 4 aromatic rings. The van der Waals surface area contributed by atoms with Crippen LogP contribution in [0.15, 0.2) is 78.0 Å². The van der Waals surface area contributed by atoms with E-state index in [1.807, 2.05) is 0 Å². The minimum absolute atomic E-state index is 0.0425. The SMILES string of the molecule is Cc1ccc(OCCC(F)(F)F)c(N2C(=O)CS/C2=N\C(=S)NOCc2ccc(-c3ncn(-c4ccc(OC(F)(F)F)cc4)n3)cc2)c1. The van der Waals surface area contributed by atoms with Gasteiger partial charge in [-0.2, -0.15) is 18.2 Å². The van der Waals surface area contributed by atoms with E-state index in [1.165, 1.54) is 46.2 Å². The zero-order chi connectivity index (χ0) is 34.5. The van der Waals surface area contributed by atoms with Crippen molar-refractivity contribution in [1.29, 1.82) is 0 Å². The van der Waals surface area contributed by atoms with Crippen LogP contribution in [-0.2, 0) is 16.2 Å². The lowest BCUT2D eigenvalue weighted by atomic mass is 10.1. The van der Waals surface area contributed by atoms with E-state index >= 15 is 0 Å². The van der Waals surface area contributed by atoms with Crippen LogP contribution in [0.2, 0.25) is 0 Å². The molecule has 0 saturated carbocycles. The Bertz CT molecular complexity index is 1800. The number of halogens is 6. The Kier molecular flexibility index (Phi) is 10.5. The lowest BCUT2D eigenvalue weighted by Gasteiger charge is -2.21. The van der Waals surface area contributed by atoms with Crippen LogP contribution in [0.1, 0.15) is 17.5 Å². The third-order valence-corrected chi connectivity index (χ3v) is 7.50. The number of aliphatic imine (C=N–C) groups is 1. The molecular formula is C30H24F6N6O4S2. The van der Waals surface area contributed by atoms with E-state index in [9.17, 15) is 31.1 Å². The summed E-state index contributed by atoms with van der Waals surface area (Å²) in [5, 5.41) is 4.48. The predicted molar refractivity (Wildman–Crippen MR) is 169 cm³/mol. The van der Waals surface area contributed by atoms with Crippen LogP contribution in [0.4, 0.5) is 32.0 Å². The van der Waals surface area contributed by atoms with E-state index in [-0.39, 0.29) is 45.7 Å². The third-order valence-electron chi connectivity index (χ3n) is 6.40. The van der Waals surface area contributed by atoms with E-state index in [4.69, 9.17) is 21.8 Å². The normalized spacial score (nSPS) is 14.4. The quantitative estimate of drug-likeness (QED) is 0.107. The fourth-order valence-electron chi connectivity index (χ4n) is 4.24. The summed E-state index contributed by atoms with van der Waals surface area (Å²) in [6.45, 7) is 1.23. The highest BCUT2D eigenvalue weighted by atomic mass is 32.2. The van der Waals surface area contributed by atoms with Gasteiger partial charge in [-0.25, -0.2) is 15.1 Å². The number of carbonyl (C=O) groups is 1. The molecule has 1 aromatic heterocycles. The molecule has 1 aliphatic rings. The molecule has 1 saturated heterocycles. The molecule has 1 N–H and O–H groups in total. The number of anilines is 1. The van der Waals surface area contributed by atoms with Gasteiger partial charge in [0.15, 0.2) is 11.0 Å². The number of benzene rings is 3. The maximum atomic E-state index is 12.8. The van der Waals surface area contributed by atoms with Gasteiger partial charge in [0.25, 0.3) is 0 Å². The average Bonchev–Trinajstić information content (AvgIpc) is 3.64. The van der Waals surface area contributed by atoms with Gasteiger partial charge in [0.05, 0.1) is 36.8 Å². The van der Waals surface area contributed by atoms with Gasteiger partial charge in [-0.3, -0.25) is 14.5 Å². The zero-order valence-electron chi connectivity index (χ0n) is 24.7. The van der Waals surface area contributed by atoms with Gasteiger partial charge in [0.1, 0.15) is 17.8 Å². The van der Waals surface area contributed by atoms with Gasteiger partial charge >= 0.3 is 12.5 Å². The Hall–Kier alpha value is -4.68. The number of hydroxylamine groups is 1. The summed E-state index contributed by atoms with van der Waals surface area (Å²) in [5.74, 6) is -0.178. The largest absolute Gasteiger partial charge is 0.573 e. The van der Waals surface area contributed by atoms with E-state index < -0.39 is 25.6 Å². The van der Waals surface area contributed by atoms with Crippen LogP contribution in [-0.4, -0.2) is 55.9 Å². The highest BCUT2D eigenvalue weighted by Crippen LogP contribution is 2.36. The first kappa shape index (κ1) is 34.6. The lowest BCUT2D eigenvalue weighted by molar-refractivity contribution is -0.274. The van der Waals surface area contributed by atoms with Crippen LogP contribution in [0.5, 0.6) is 11.5 Å². The standard InChI is InChI=1S/C30H24F6N6O4S2/c1-18-2-11-24(44-13-12-29(31,32)33)23(14-18)42-25(43)16-48-28(42)38-27(47)40-45-15-19-3-5-20(6-4-19)26-37-17-41(39-26)21-7-9-22(10-8-21)46-30(34,35)36/h2-11,14,17H,12-13,15-16H2,1H3,(H,40,47)/b38-28-. The number of amides is 1. The number of nitrogens with one attached hydrogen (secondary N) is 1. The maximum absolute atomic E-state index is 12.8. The van der Waals surface area contributed by atoms with Crippen molar-refractivity contribution in [1.82, 2.24) is 20.2 Å². The van der Waals surface area contributed by atoms with Crippen molar-refractivity contribution in [3.8, 4) is 28.6 Å². The molecular weight excluding hydrogens is 686 g/mol. The van der Waals surface area contributed by atoms with Crippen molar-refractivity contribution in [2.45, 2.75) is 32.5 Å². The molecule has 252 valence electrons. The number of carbonyl (C=O) groups excluding carboxylic acids is 1. The molecule has 1 aliphatic heterocycles. The maximum Gasteiger partial charge on any atom is 0.573 e. The summed E-state index contributed by atoms with van der Waals surface area (Å²) >= 11 is 6.37. The van der Waals surface area contributed by atoms with Gasteiger partial charge in [-0.05, 0) is 66.7 Å². The highest BCUT2D eigenvalue weighted by molar-refractivity contribution is 8.15. The van der Waals surface area contributed by atoms with Gasteiger partial charge in [0, 0.05) is 5.56 Å². The van der Waals surface area contributed by atoms with Gasteiger partial charge in [-0.1, -0.05) is 42.1 Å². The Morgan fingerprint density at radius 2 is 1.77 bits per heavy atom. The molecule has 0 atom stereocenters. The molecule has 10 nitrogen and oxygen atoms in total. The van der Waals surface area contributed by atoms with Crippen molar-refractivity contribution >= 4 is 45.9 Å². The summed E-state index contributed by atoms with van der Waals surface area (Å²) in [6, 6.07) is 17.0. The minimum Gasteiger partial charge on any atom is -0.491 e. The Labute approximate surface area is 278 Å². The second-order valence-electron chi connectivity index (χ2n) is 10.0. The number of aryl methyl sites for hydroxylation is 1. The first-order valence-corrected chi connectivity index (χ1v) is 15.3. The number of hydrogen-bond acceptors (Lipinski definition) is 8. The van der Waals surface area contributed by atoms with Crippen molar-refractivity contribution in [3.63, 3.8) is 0 Å². The lowest BCUT2D eigenvalue weighted by Crippen LogP contribution is -2.32. The summed E-state index contributed by atoms with van der Waals surface area (Å²) in [7, 11) is 0. The van der Waals surface area contributed by atoms with Crippen molar-refractivity contribution < 1.29 is 45.4 Å². The average molecular weight is 711 g/mol. The molecule has 0 aliphatic carbocycles. The van der Waals surface area contributed by atoms with Crippen molar-refractivity contribution in [2.24, 2.45) is 4.99 Å². The molecule has 0 bridgehead atoms. The summed E-state index contributed by atoms with van der Waals surface area (Å²) in [4.78, 5) is 28.0. The number of rotatable bonds is 10. The van der Waals surface area contributed by atoms with E-state index in [1.54, 1.807) is 43.3 Å².